The van der Waals surface area contributed by atoms with Crippen LogP contribution in [0.25, 0.3) is 0 Å². The van der Waals surface area contributed by atoms with E-state index in [4.69, 9.17) is 4.74 Å². The van der Waals surface area contributed by atoms with Crippen LogP contribution in [0.15, 0.2) is 89.8 Å². The maximum absolute atomic E-state index is 11.5. The molecule has 0 atom stereocenters. The van der Waals surface area contributed by atoms with Gasteiger partial charge in [0.2, 0.25) is 0 Å². The molecule has 2 N–H and O–H groups in total. The Morgan fingerprint density at radius 2 is 1.44 bits per heavy atom. The van der Waals surface area contributed by atoms with Gasteiger partial charge in [0, 0.05) is 29.4 Å². The molecule has 0 unspecified atom stereocenters. The van der Waals surface area contributed by atoms with Gasteiger partial charge in [0.1, 0.15) is 5.60 Å². The number of carbonyl (C=O) groups excluding carboxylic acids is 1. The zero-order valence-electron chi connectivity index (χ0n) is 19.4. The predicted molar refractivity (Wildman–Crippen MR) is 136 cm³/mol. The van der Waals surface area contributed by atoms with Crippen molar-refractivity contribution in [3.8, 4) is 0 Å². The number of rotatable bonds is 7. The highest BCUT2D eigenvalue weighted by Crippen LogP contribution is 2.24. The monoisotopic (exact) mass is 450 g/mol. The third-order valence-corrected chi connectivity index (χ3v) is 5.25. The van der Waals surface area contributed by atoms with E-state index in [1.54, 1.807) is 0 Å². The Labute approximate surface area is 196 Å². The number of benzene rings is 3. The number of thioether (sulfide) groups is 1. The van der Waals surface area contributed by atoms with E-state index < -0.39 is 5.60 Å². The number of hydrogen-bond acceptors (Lipinski definition) is 4. The summed E-state index contributed by atoms with van der Waals surface area (Å²) in [7, 11) is 0. The molecule has 0 saturated carbocycles. The highest BCUT2D eigenvalue weighted by molar-refractivity contribution is 7.98. The fourth-order valence-electron chi connectivity index (χ4n) is 2.63. The van der Waals surface area contributed by atoms with Crippen LogP contribution in [-0.2, 0) is 10.5 Å². The number of anilines is 1. The largest absolute Gasteiger partial charge is 0.444 e. The molecule has 0 radical (unpaired) electrons. The lowest BCUT2D eigenvalue weighted by atomic mass is 10.2. The maximum Gasteiger partial charge on any atom is 0.407 e. The average Bonchev–Trinajstić information content (AvgIpc) is 2.77. The number of nitrogens with one attached hydrogen (secondary N) is 2. The van der Waals surface area contributed by atoms with Gasteiger partial charge in [-0.2, -0.15) is 0 Å². The first-order chi connectivity index (χ1) is 15.3. The van der Waals surface area contributed by atoms with Gasteiger partial charge in [-0.15, -0.1) is 11.8 Å². The lowest BCUT2D eigenvalue weighted by Crippen LogP contribution is -2.34. The van der Waals surface area contributed by atoms with Crippen molar-refractivity contribution in [2.75, 3.05) is 18.4 Å². The third-order valence-electron chi connectivity index (χ3n) is 4.17. The van der Waals surface area contributed by atoms with Crippen LogP contribution in [0.2, 0.25) is 0 Å². The minimum Gasteiger partial charge on any atom is -0.444 e. The summed E-state index contributed by atoms with van der Waals surface area (Å²) >= 11 is 1.82. The van der Waals surface area contributed by atoms with E-state index in [-0.39, 0.29) is 6.09 Å². The number of aryl methyl sites for hydroxylation is 1. The second-order valence-corrected chi connectivity index (χ2v) is 9.36. The summed E-state index contributed by atoms with van der Waals surface area (Å²) in [6.45, 7) is 8.79. The van der Waals surface area contributed by atoms with Gasteiger partial charge in [0.05, 0.1) is 0 Å². The fraction of sp³-hybridized carbons (Fsp3) is 0.296. The molecule has 0 bridgehead atoms. The van der Waals surface area contributed by atoms with Crippen LogP contribution in [0.5, 0.6) is 0 Å². The van der Waals surface area contributed by atoms with Gasteiger partial charge in [-0.1, -0.05) is 66.2 Å². The topological polar surface area (TPSA) is 50.4 Å². The molecule has 0 heterocycles. The molecule has 5 heteroatoms. The molecule has 0 saturated heterocycles. The van der Waals surface area contributed by atoms with Crippen LogP contribution in [0.3, 0.4) is 0 Å². The van der Waals surface area contributed by atoms with Gasteiger partial charge in [-0.25, -0.2) is 4.79 Å². The van der Waals surface area contributed by atoms with Crippen LogP contribution in [0, 0.1) is 6.92 Å². The van der Waals surface area contributed by atoms with Crippen LogP contribution < -0.4 is 10.6 Å². The molecule has 0 aliphatic rings. The summed E-state index contributed by atoms with van der Waals surface area (Å²) in [5, 5.41) is 6.02. The molecular formula is C27H34N2O2S. The van der Waals surface area contributed by atoms with Gasteiger partial charge in [-0.3, -0.25) is 0 Å². The molecule has 1 amide bonds. The van der Waals surface area contributed by atoms with E-state index in [1.807, 2.05) is 56.8 Å². The first kappa shape index (κ1) is 25.3. The number of amides is 1. The standard InChI is InChI=1S/C20H26N2O2S.C7H8/c1-20(2,3)24-19(23)22-14-13-21-17-9-11-18(12-10-17)25-15-16-7-5-4-6-8-16;1-7-5-3-2-4-6-7/h4-12,21H,13-15H2,1-3H3,(H,22,23);2-6H,1H3. The quantitative estimate of drug-likeness (QED) is 0.303. The van der Waals surface area contributed by atoms with Crippen LogP contribution in [-0.4, -0.2) is 24.8 Å². The van der Waals surface area contributed by atoms with E-state index in [0.717, 1.165) is 11.4 Å². The van der Waals surface area contributed by atoms with Crippen molar-refractivity contribution in [3.05, 3.63) is 96.1 Å². The van der Waals surface area contributed by atoms with Crippen LogP contribution >= 0.6 is 11.8 Å². The summed E-state index contributed by atoms with van der Waals surface area (Å²) in [4.78, 5) is 12.8. The van der Waals surface area contributed by atoms with Crippen LogP contribution in [0.4, 0.5) is 10.5 Å². The maximum atomic E-state index is 11.5. The number of hydrogen-bond donors (Lipinski definition) is 2. The lowest BCUT2D eigenvalue weighted by Gasteiger charge is -2.19. The Morgan fingerprint density at radius 1 is 0.844 bits per heavy atom. The number of ether oxygens (including phenoxy) is 1. The number of alkyl carbamates (subject to hydrolysis) is 1. The van der Waals surface area contributed by atoms with Crippen molar-refractivity contribution >= 4 is 23.5 Å². The van der Waals surface area contributed by atoms with Crippen molar-refractivity contribution in [1.29, 1.82) is 0 Å². The fourth-order valence-corrected chi connectivity index (χ4v) is 3.48. The molecule has 0 spiro atoms. The third kappa shape index (κ3) is 11.5. The van der Waals surface area contributed by atoms with E-state index in [9.17, 15) is 4.79 Å². The predicted octanol–water partition coefficient (Wildman–Crippen LogP) is 6.91. The Balaban J connectivity index is 0.000000439. The van der Waals surface area contributed by atoms with Crippen molar-refractivity contribution in [2.24, 2.45) is 0 Å². The van der Waals surface area contributed by atoms with Gasteiger partial charge in [0.15, 0.2) is 0 Å². The average molecular weight is 451 g/mol. The summed E-state index contributed by atoms with van der Waals surface area (Å²) < 4.78 is 5.19. The molecule has 32 heavy (non-hydrogen) atoms. The summed E-state index contributed by atoms with van der Waals surface area (Å²) in [6.07, 6.45) is -0.387. The van der Waals surface area contributed by atoms with Gasteiger partial charge in [0.25, 0.3) is 0 Å². The molecule has 0 aliphatic carbocycles. The molecular weight excluding hydrogens is 416 g/mol. The molecule has 3 aromatic carbocycles. The smallest absolute Gasteiger partial charge is 0.407 e. The lowest BCUT2D eigenvalue weighted by molar-refractivity contribution is 0.0530. The minimum absolute atomic E-state index is 0.387. The summed E-state index contributed by atoms with van der Waals surface area (Å²) in [6, 6.07) is 29.0. The molecule has 0 aromatic heterocycles. The number of carbonyl (C=O) groups is 1. The summed E-state index contributed by atoms with van der Waals surface area (Å²) in [5.41, 5.74) is 3.21. The summed E-state index contributed by atoms with van der Waals surface area (Å²) in [5.74, 6) is 0.966. The van der Waals surface area contributed by atoms with E-state index in [1.165, 1.54) is 16.0 Å². The molecule has 170 valence electrons. The van der Waals surface area contributed by atoms with Gasteiger partial charge >= 0.3 is 6.09 Å². The highest BCUT2D eigenvalue weighted by Gasteiger charge is 2.15. The molecule has 0 aliphatic heterocycles. The van der Waals surface area contributed by atoms with E-state index in [2.05, 4.69) is 78.2 Å². The Morgan fingerprint density at radius 3 is 1.97 bits per heavy atom. The zero-order valence-corrected chi connectivity index (χ0v) is 20.2. The first-order valence-corrected chi connectivity index (χ1v) is 11.8. The van der Waals surface area contributed by atoms with Crippen LogP contribution in [0.1, 0.15) is 31.9 Å². The Hall–Kier alpha value is -2.92. The second kappa shape index (κ2) is 13.5. The molecule has 3 rings (SSSR count). The molecule has 0 fully saturated rings. The van der Waals surface area contributed by atoms with Gasteiger partial charge in [-0.05, 0) is 57.5 Å². The minimum atomic E-state index is -0.468. The van der Waals surface area contributed by atoms with E-state index in [0.29, 0.717) is 13.1 Å². The van der Waals surface area contributed by atoms with E-state index >= 15 is 0 Å². The Kier molecular flexibility index (Phi) is 10.7. The molecule has 4 nitrogen and oxygen atoms in total. The zero-order chi connectivity index (χ0) is 23.2. The highest BCUT2D eigenvalue weighted by atomic mass is 32.2. The van der Waals surface area contributed by atoms with Gasteiger partial charge < -0.3 is 15.4 Å². The van der Waals surface area contributed by atoms with Crippen molar-refractivity contribution < 1.29 is 9.53 Å². The first-order valence-electron chi connectivity index (χ1n) is 10.8. The SMILES string of the molecule is CC(C)(C)OC(=O)NCCNc1ccc(SCc2ccccc2)cc1.Cc1ccccc1. The Bertz CT molecular complexity index is 908. The van der Waals surface area contributed by atoms with Crippen molar-refractivity contribution in [1.82, 2.24) is 5.32 Å². The second-order valence-electron chi connectivity index (χ2n) is 8.31. The van der Waals surface area contributed by atoms with Crippen molar-refractivity contribution in [3.63, 3.8) is 0 Å². The normalized spacial score (nSPS) is 10.5. The van der Waals surface area contributed by atoms with Crippen molar-refractivity contribution in [2.45, 2.75) is 43.9 Å². The molecule has 3 aromatic rings.